The number of hydrogen-bond acceptors (Lipinski definition) is 5. The van der Waals surface area contributed by atoms with Crippen molar-refractivity contribution in [1.29, 1.82) is 0 Å². The fraction of sp³-hybridized carbons (Fsp3) is 0.800. The van der Waals surface area contributed by atoms with E-state index in [1.54, 1.807) is 11.9 Å². The van der Waals surface area contributed by atoms with Gasteiger partial charge in [-0.1, -0.05) is 31.9 Å². The van der Waals surface area contributed by atoms with Crippen molar-refractivity contribution >= 4 is 24.4 Å². The minimum atomic E-state index is -0.843. The predicted molar refractivity (Wildman–Crippen MR) is 108 cm³/mol. The molecule has 2 aliphatic heterocycles. The average molecular weight is 396 g/mol. The summed E-state index contributed by atoms with van der Waals surface area (Å²) in [6, 6.07) is -0.500. The van der Waals surface area contributed by atoms with Gasteiger partial charge >= 0.3 is 0 Å². The van der Waals surface area contributed by atoms with Gasteiger partial charge in [0.1, 0.15) is 12.3 Å². The van der Waals surface area contributed by atoms with Gasteiger partial charge in [-0.15, -0.1) is 0 Å². The highest BCUT2D eigenvalue weighted by molar-refractivity contribution is 7.81. The first-order valence-corrected chi connectivity index (χ1v) is 10.7. The number of nitrogens with zero attached hydrogens (tertiary/aromatic N) is 1. The van der Waals surface area contributed by atoms with Gasteiger partial charge in [-0.3, -0.25) is 14.9 Å². The molecule has 1 saturated heterocycles. The second kappa shape index (κ2) is 8.13. The van der Waals surface area contributed by atoms with Crippen LogP contribution in [0, 0.1) is 5.41 Å². The van der Waals surface area contributed by atoms with E-state index in [0.29, 0.717) is 25.8 Å². The van der Waals surface area contributed by atoms with Gasteiger partial charge in [0, 0.05) is 23.6 Å². The van der Waals surface area contributed by atoms with Crippen LogP contribution in [0.4, 0.5) is 0 Å². The predicted octanol–water partition coefficient (Wildman–Crippen LogP) is 1.60. The fourth-order valence-corrected chi connectivity index (χ4v) is 5.05. The number of allylic oxidation sites excluding steroid dienone is 1. The minimum absolute atomic E-state index is 0.0132. The van der Waals surface area contributed by atoms with E-state index in [1.165, 1.54) is 0 Å². The molecule has 0 radical (unpaired) electrons. The van der Waals surface area contributed by atoms with Gasteiger partial charge in [-0.2, -0.15) is 12.6 Å². The van der Waals surface area contributed by atoms with Crippen molar-refractivity contribution in [3.8, 4) is 0 Å². The maximum Gasteiger partial charge on any atom is 0.243 e. The molecule has 0 spiro atoms. The summed E-state index contributed by atoms with van der Waals surface area (Å²) < 4.78 is 0. The van der Waals surface area contributed by atoms with E-state index in [-0.39, 0.29) is 22.5 Å². The van der Waals surface area contributed by atoms with Crippen LogP contribution in [0.25, 0.3) is 0 Å². The molecule has 6 nitrogen and oxygen atoms in total. The number of carbonyl (C=O) groups is 2. The normalized spacial score (nSPS) is 40.2. The summed E-state index contributed by atoms with van der Waals surface area (Å²) in [5, 5.41) is 16.6. The zero-order valence-electron chi connectivity index (χ0n) is 16.4. The molecule has 1 aliphatic carbocycles. The highest BCUT2D eigenvalue weighted by Gasteiger charge is 2.68. The quantitative estimate of drug-likeness (QED) is 0.325. The van der Waals surface area contributed by atoms with E-state index in [0.717, 1.165) is 32.1 Å². The van der Waals surface area contributed by atoms with E-state index in [1.807, 2.05) is 0 Å². The first-order valence-electron chi connectivity index (χ1n) is 10.2. The molecule has 2 amide bonds. The lowest BCUT2D eigenvalue weighted by atomic mass is 9.98. The Hall–Kier alpha value is -1.05. The van der Waals surface area contributed by atoms with Gasteiger partial charge in [0.25, 0.3) is 0 Å². The lowest BCUT2D eigenvalue weighted by Crippen LogP contribution is -2.58. The Morgan fingerprint density at radius 1 is 1.33 bits per heavy atom. The van der Waals surface area contributed by atoms with Crippen molar-refractivity contribution in [2.45, 2.75) is 81.3 Å². The number of aliphatic hydroxyl groups is 1. The zero-order valence-corrected chi connectivity index (χ0v) is 17.3. The van der Waals surface area contributed by atoms with Crippen LogP contribution in [0.2, 0.25) is 0 Å². The van der Waals surface area contributed by atoms with Crippen molar-refractivity contribution in [1.82, 2.24) is 15.5 Å². The molecule has 152 valence electrons. The van der Waals surface area contributed by atoms with E-state index in [9.17, 15) is 14.7 Å². The van der Waals surface area contributed by atoms with Gasteiger partial charge in [-0.25, -0.2) is 0 Å². The number of aliphatic hydroxyl groups excluding tert-OH is 1. The number of carbonyl (C=O) groups excluding carboxylic acids is 2. The van der Waals surface area contributed by atoms with Crippen molar-refractivity contribution in [2.75, 3.05) is 13.6 Å². The van der Waals surface area contributed by atoms with Crippen LogP contribution in [0.15, 0.2) is 12.2 Å². The first kappa shape index (κ1) is 20.7. The van der Waals surface area contributed by atoms with Crippen molar-refractivity contribution in [3.05, 3.63) is 12.2 Å². The third-order valence-electron chi connectivity index (χ3n) is 6.53. The zero-order chi connectivity index (χ0) is 19.7. The highest BCUT2D eigenvalue weighted by Crippen LogP contribution is 2.58. The Kier molecular flexibility index (Phi) is 6.23. The molecule has 7 heteroatoms. The lowest BCUT2D eigenvalue weighted by Gasteiger charge is -2.31. The van der Waals surface area contributed by atoms with E-state index in [4.69, 9.17) is 0 Å². The number of fused-ring (bicyclic) bond motifs is 2. The van der Waals surface area contributed by atoms with Gasteiger partial charge < -0.3 is 15.3 Å². The Bertz CT molecular complexity index is 613. The minimum Gasteiger partial charge on any atom is -0.376 e. The molecule has 0 bridgehead atoms. The topological polar surface area (TPSA) is 81.7 Å². The molecular formula is C20H33N3O3S. The molecule has 0 aromatic heterocycles. The summed E-state index contributed by atoms with van der Waals surface area (Å²) in [6.45, 7) is 2.58. The number of likely N-dealkylation sites (N-methyl/N-ethyl adjacent to an activating group) is 1. The highest BCUT2D eigenvalue weighted by atomic mass is 32.1. The summed E-state index contributed by atoms with van der Waals surface area (Å²) in [7, 11) is 1.69. The maximum absolute atomic E-state index is 13.1. The van der Waals surface area contributed by atoms with Crippen LogP contribution < -0.4 is 10.6 Å². The van der Waals surface area contributed by atoms with Gasteiger partial charge in [-0.05, 0) is 39.2 Å². The Morgan fingerprint density at radius 2 is 2.07 bits per heavy atom. The maximum atomic E-state index is 13.1. The molecule has 0 aromatic rings. The molecule has 2 heterocycles. The second-order valence-corrected chi connectivity index (χ2v) is 9.28. The van der Waals surface area contributed by atoms with Crippen LogP contribution in [-0.4, -0.2) is 58.5 Å². The third-order valence-corrected chi connectivity index (χ3v) is 6.90. The summed E-state index contributed by atoms with van der Waals surface area (Å²) in [4.78, 5) is 27.5. The van der Waals surface area contributed by atoms with E-state index >= 15 is 0 Å². The van der Waals surface area contributed by atoms with E-state index < -0.39 is 17.8 Å². The molecule has 2 unspecified atom stereocenters. The molecule has 27 heavy (non-hydrogen) atoms. The Balaban J connectivity index is 1.85. The molecule has 3 rings (SSSR count). The monoisotopic (exact) mass is 395 g/mol. The van der Waals surface area contributed by atoms with Crippen LogP contribution in [0.3, 0.4) is 0 Å². The van der Waals surface area contributed by atoms with E-state index in [2.05, 4.69) is 42.3 Å². The second-order valence-electron chi connectivity index (χ2n) is 8.55. The van der Waals surface area contributed by atoms with Crippen molar-refractivity contribution in [2.24, 2.45) is 5.41 Å². The molecule has 0 aromatic carbocycles. The van der Waals surface area contributed by atoms with Crippen molar-refractivity contribution in [3.63, 3.8) is 0 Å². The number of thiol groups is 1. The molecule has 2 fully saturated rings. The van der Waals surface area contributed by atoms with Gasteiger partial charge in [0.15, 0.2) is 0 Å². The Morgan fingerprint density at radius 3 is 2.81 bits per heavy atom. The number of hydrogen-bond donors (Lipinski definition) is 4. The third kappa shape index (κ3) is 4.05. The number of amides is 2. The molecule has 3 aliphatic rings. The standard InChI is InChI=1S/C20H33N3O3S/c1-19-10-8-6-4-3-5-7-9-16(24)23-12-14(27)11-15(23)17(25)22-20(19,13-19)18(26)21-2/h8,10,14-15,18,21,26-27H,3-7,9,11-13H2,1-2H3,(H,22,25)/b10-8-/t14-,15-,18?,19?,20-/m0/s1. The van der Waals surface area contributed by atoms with Gasteiger partial charge in [0.2, 0.25) is 11.8 Å². The first-order chi connectivity index (χ1) is 12.8. The van der Waals surface area contributed by atoms with Crippen LogP contribution >= 0.6 is 12.6 Å². The van der Waals surface area contributed by atoms with Crippen LogP contribution in [0.5, 0.6) is 0 Å². The number of nitrogens with one attached hydrogen (secondary N) is 2. The lowest BCUT2D eigenvalue weighted by molar-refractivity contribution is -0.139. The molecule has 5 atom stereocenters. The molecule has 1 saturated carbocycles. The fourth-order valence-electron chi connectivity index (χ4n) is 4.67. The summed E-state index contributed by atoms with van der Waals surface area (Å²) in [6.07, 6.45) is 10.3. The summed E-state index contributed by atoms with van der Waals surface area (Å²) >= 11 is 4.53. The van der Waals surface area contributed by atoms with Crippen LogP contribution in [-0.2, 0) is 9.59 Å². The molecular weight excluding hydrogens is 362 g/mol. The number of rotatable bonds is 2. The Labute approximate surface area is 167 Å². The van der Waals surface area contributed by atoms with Gasteiger partial charge in [0.05, 0.1) is 5.54 Å². The summed E-state index contributed by atoms with van der Waals surface area (Å²) in [5.41, 5.74) is -1.03. The molecule has 3 N–H and O–H groups in total. The average Bonchev–Trinajstić information content (AvgIpc) is 3.01. The van der Waals surface area contributed by atoms with Crippen molar-refractivity contribution < 1.29 is 14.7 Å². The smallest absolute Gasteiger partial charge is 0.243 e. The SMILES string of the molecule is CNC(O)[C@@]12CC1(C)/C=C\CCCCCCC(=O)N1C[C@@H](S)C[C@H]1C(=O)N2. The summed E-state index contributed by atoms with van der Waals surface area (Å²) in [5.74, 6) is -0.136. The van der Waals surface area contributed by atoms with Crippen LogP contribution in [0.1, 0.15) is 58.3 Å². The largest absolute Gasteiger partial charge is 0.376 e.